The van der Waals surface area contributed by atoms with E-state index >= 15 is 4.39 Å². The van der Waals surface area contributed by atoms with Crippen LogP contribution in [0.5, 0.6) is 6.01 Å². The Kier molecular flexibility index (Phi) is 6.91. The van der Waals surface area contributed by atoms with Crippen molar-refractivity contribution in [1.29, 1.82) is 0 Å². The number of piperidine rings is 1. The van der Waals surface area contributed by atoms with Crippen LogP contribution < -0.4 is 15.0 Å². The largest absolute Gasteiger partial charge is 0.461 e. The molecule has 3 aliphatic rings. The molecule has 7 rings (SSSR count). The van der Waals surface area contributed by atoms with E-state index in [9.17, 15) is 4.39 Å². The minimum absolute atomic E-state index is 0.0973. The minimum Gasteiger partial charge on any atom is -0.461 e. The van der Waals surface area contributed by atoms with Gasteiger partial charge in [0.1, 0.15) is 29.8 Å². The van der Waals surface area contributed by atoms with Gasteiger partial charge in [-0.05, 0) is 56.8 Å². The van der Waals surface area contributed by atoms with E-state index in [4.69, 9.17) is 16.1 Å². The number of terminal acetylenes is 1. The van der Waals surface area contributed by atoms with Crippen LogP contribution in [0.1, 0.15) is 37.7 Å². The van der Waals surface area contributed by atoms with Gasteiger partial charge < -0.3 is 15.0 Å². The molecule has 1 unspecified atom stereocenters. The topological polar surface area (TPSA) is 66.4 Å². The molecule has 0 aliphatic carbocycles. The first-order valence-corrected chi connectivity index (χ1v) is 14.8. The molecule has 0 bridgehead atoms. The van der Waals surface area contributed by atoms with E-state index in [1.54, 1.807) is 6.20 Å². The third kappa shape index (κ3) is 4.54. The molecule has 5 heterocycles. The van der Waals surface area contributed by atoms with Gasteiger partial charge in [0, 0.05) is 48.8 Å². The van der Waals surface area contributed by atoms with E-state index in [1.807, 2.05) is 43.4 Å². The maximum atomic E-state index is 16.6. The molecule has 3 fully saturated rings. The van der Waals surface area contributed by atoms with Crippen molar-refractivity contribution in [2.45, 2.75) is 49.9 Å². The number of nitrogens with zero attached hydrogens (tertiary/aromatic N) is 5. The lowest BCUT2D eigenvalue weighted by Crippen LogP contribution is -2.43. The molecule has 216 valence electrons. The molecule has 0 saturated carbocycles. The molecule has 2 atom stereocenters. The minimum atomic E-state index is -0.868. The Hall–Kier alpha value is -3.87. The number of ether oxygens (including phenoxy) is 1. The fraction of sp³-hybridized carbons (Fsp3) is 0.424. The molecule has 0 amide bonds. The van der Waals surface area contributed by atoms with Crippen LogP contribution in [0.25, 0.3) is 32.9 Å². The summed E-state index contributed by atoms with van der Waals surface area (Å²) in [5.74, 6) is 2.76. The lowest BCUT2D eigenvalue weighted by Gasteiger charge is -2.33. The second kappa shape index (κ2) is 10.8. The molecule has 42 heavy (non-hydrogen) atoms. The van der Waals surface area contributed by atoms with E-state index in [1.165, 1.54) is 0 Å². The van der Waals surface area contributed by atoms with Gasteiger partial charge in [-0.3, -0.25) is 9.88 Å². The third-order valence-electron chi connectivity index (χ3n) is 9.38. The van der Waals surface area contributed by atoms with Gasteiger partial charge in [0.15, 0.2) is 5.82 Å². The highest BCUT2D eigenvalue weighted by atomic mass is 19.1. The number of rotatable bonds is 6. The van der Waals surface area contributed by atoms with Gasteiger partial charge in [-0.25, -0.2) is 8.78 Å². The lowest BCUT2D eigenvalue weighted by molar-refractivity contribution is 0.107. The SMILES string of the molecule is C#Cc1cccc2cccc(-c3ncc4c(N(C)C5CCNCC5)nc(OC[C@@]56CCCN5CC(F)C6)nc4c3F)c12. The molecule has 2 aromatic carbocycles. The highest BCUT2D eigenvalue weighted by Crippen LogP contribution is 2.41. The van der Waals surface area contributed by atoms with E-state index in [0.717, 1.165) is 56.1 Å². The van der Waals surface area contributed by atoms with Crippen LogP contribution in [-0.2, 0) is 0 Å². The summed E-state index contributed by atoms with van der Waals surface area (Å²) in [6, 6.07) is 11.7. The van der Waals surface area contributed by atoms with Gasteiger partial charge >= 0.3 is 6.01 Å². The molecule has 4 aromatic rings. The summed E-state index contributed by atoms with van der Waals surface area (Å²) in [5.41, 5.74) is 1.23. The van der Waals surface area contributed by atoms with Crippen LogP contribution in [0.3, 0.4) is 0 Å². The van der Waals surface area contributed by atoms with Crippen molar-refractivity contribution in [3.63, 3.8) is 0 Å². The number of hydrogen-bond donors (Lipinski definition) is 1. The normalized spacial score (nSPS) is 22.9. The average molecular weight is 569 g/mol. The number of pyridine rings is 1. The zero-order valence-electron chi connectivity index (χ0n) is 23.7. The summed E-state index contributed by atoms with van der Waals surface area (Å²) < 4.78 is 37.3. The number of fused-ring (bicyclic) bond motifs is 3. The Morgan fingerprint density at radius 3 is 2.81 bits per heavy atom. The third-order valence-corrected chi connectivity index (χ3v) is 9.38. The highest BCUT2D eigenvalue weighted by Gasteiger charge is 2.49. The Morgan fingerprint density at radius 2 is 2.00 bits per heavy atom. The number of hydrogen-bond acceptors (Lipinski definition) is 7. The van der Waals surface area contributed by atoms with Gasteiger partial charge in [0.05, 0.1) is 10.9 Å². The maximum Gasteiger partial charge on any atom is 0.319 e. The van der Waals surface area contributed by atoms with Crippen molar-refractivity contribution in [2.75, 3.05) is 44.7 Å². The summed E-state index contributed by atoms with van der Waals surface area (Å²) in [4.78, 5) is 18.4. The highest BCUT2D eigenvalue weighted by molar-refractivity contribution is 6.02. The number of alkyl halides is 1. The van der Waals surface area contributed by atoms with E-state index in [2.05, 4.69) is 31.0 Å². The van der Waals surface area contributed by atoms with Crippen molar-refractivity contribution in [2.24, 2.45) is 0 Å². The molecule has 1 N–H and O–H groups in total. The van der Waals surface area contributed by atoms with Crippen LogP contribution in [0, 0.1) is 18.2 Å². The first-order valence-electron chi connectivity index (χ1n) is 14.8. The Balaban J connectivity index is 1.35. The Bertz CT molecular complexity index is 1690. The number of halogens is 2. The van der Waals surface area contributed by atoms with Crippen molar-refractivity contribution in [1.82, 2.24) is 25.2 Å². The van der Waals surface area contributed by atoms with Gasteiger partial charge in [0.25, 0.3) is 0 Å². The summed E-state index contributed by atoms with van der Waals surface area (Å²) >= 11 is 0. The van der Waals surface area contributed by atoms with Crippen molar-refractivity contribution in [3.8, 4) is 29.6 Å². The molecule has 0 spiro atoms. The van der Waals surface area contributed by atoms with Crippen LogP contribution in [-0.4, -0.2) is 77.4 Å². The number of aromatic nitrogens is 3. The summed E-state index contributed by atoms with van der Waals surface area (Å²) in [7, 11) is 1.99. The average Bonchev–Trinajstić information content (AvgIpc) is 3.55. The maximum absolute atomic E-state index is 16.6. The Labute approximate surface area is 244 Å². The monoisotopic (exact) mass is 568 g/mol. The molecular formula is C33H34F2N6O. The van der Waals surface area contributed by atoms with Gasteiger partial charge in [-0.2, -0.15) is 9.97 Å². The molecule has 3 aliphatic heterocycles. The molecule has 9 heteroatoms. The zero-order chi connectivity index (χ0) is 28.8. The van der Waals surface area contributed by atoms with Crippen LogP contribution in [0.2, 0.25) is 0 Å². The quantitative estimate of drug-likeness (QED) is 0.325. The van der Waals surface area contributed by atoms with Gasteiger partial charge in [-0.1, -0.05) is 36.3 Å². The smallest absolute Gasteiger partial charge is 0.319 e. The van der Waals surface area contributed by atoms with Crippen LogP contribution >= 0.6 is 0 Å². The van der Waals surface area contributed by atoms with Gasteiger partial charge in [0.2, 0.25) is 0 Å². The number of anilines is 1. The van der Waals surface area contributed by atoms with E-state index in [0.29, 0.717) is 35.3 Å². The van der Waals surface area contributed by atoms with Crippen molar-refractivity contribution in [3.05, 3.63) is 54.0 Å². The van der Waals surface area contributed by atoms with E-state index < -0.39 is 12.0 Å². The number of benzene rings is 2. The molecule has 7 nitrogen and oxygen atoms in total. The molecule has 0 radical (unpaired) electrons. The van der Waals surface area contributed by atoms with Crippen LogP contribution in [0.4, 0.5) is 14.6 Å². The fourth-order valence-electron chi connectivity index (χ4n) is 7.22. The second-order valence-electron chi connectivity index (χ2n) is 11.8. The second-order valence-corrected chi connectivity index (χ2v) is 11.8. The summed E-state index contributed by atoms with van der Waals surface area (Å²) in [6.45, 7) is 3.36. The number of nitrogens with one attached hydrogen (secondary N) is 1. The molecule has 2 aromatic heterocycles. The van der Waals surface area contributed by atoms with Crippen LogP contribution in [0.15, 0.2) is 42.6 Å². The van der Waals surface area contributed by atoms with E-state index in [-0.39, 0.29) is 35.4 Å². The van der Waals surface area contributed by atoms with Crippen molar-refractivity contribution >= 4 is 27.5 Å². The molecular weight excluding hydrogens is 534 g/mol. The summed E-state index contributed by atoms with van der Waals surface area (Å²) in [5, 5.41) is 5.60. The lowest BCUT2D eigenvalue weighted by atomic mass is 9.95. The van der Waals surface area contributed by atoms with Gasteiger partial charge in [-0.15, -0.1) is 6.42 Å². The van der Waals surface area contributed by atoms with Crippen molar-refractivity contribution < 1.29 is 13.5 Å². The predicted octanol–water partition coefficient (Wildman–Crippen LogP) is 5.11. The first-order chi connectivity index (χ1) is 20.5. The first kappa shape index (κ1) is 27.0. The fourth-order valence-corrected chi connectivity index (χ4v) is 7.22. The molecule has 3 saturated heterocycles. The standard InChI is InChI=1S/C33H34F2N6O/c1-3-21-7-4-8-22-9-5-10-25(27(21)22)29-28(35)30-26(18-37-29)31(40(2)24-11-14-36-15-12-24)39-32(38-30)42-20-33-13-6-16-41(33)19-23(34)17-33/h1,4-5,7-10,18,23-24,36H,6,11-17,19-20H2,2H3/t23?,33-/m0/s1. The predicted molar refractivity (Wildman–Crippen MR) is 161 cm³/mol. The summed E-state index contributed by atoms with van der Waals surface area (Å²) in [6.07, 6.45) is 10.8. The Morgan fingerprint density at radius 1 is 1.19 bits per heavy atom. The zero-order valence-corrected chi connectivity index (χ0v) is 23.7.